The van der Waals surface area contributed by atoms with Gasteiger partial charge in [-0.1, -0.05) is 12.1 Å². The van der Waals surface area contributed by atoms with E-state index in [1.165, 1.54) is 5.56 Å². The summed E-state index contributed by atoms with van der Waals surface area (Å²) in [7, 11) is 2.06. The predicted molar refractivity (Wildman–Crippen MR) is 73.3 cm³/mol. The monoisotopic (exact) mass is 260 g/mol. The van der Waals surface area contributed by atoms with Crippen molar-refractivity contribution in [1.29, 1.82) is 0 Å². The fourth-order valence-electron chi connectivity index (χ4n) is 1.89. The van der Waals surface area contributed by atoms with E-state index < -0.39 is 0 Å². The van der Waals surface area contributed by atoms with Crippen molar-refractivity contribution in [3.05, 3.63) is 47.6 Å². The van der Waals surface area contributed by atoms with Crippen LogP contribution in [0.1, 0.15) is 23.9 Å². The largest absolute Gasteiger partial charge is 0.360 e. The molecule has 102 valence electrons. The van der Waals surface area contributed by atoms with E-state index >= 15 is 0 Å². The number of hydrogen-bond donors (Lipinski definition) is 1. The average Bonchev–Trinajstić information content (AvgIpc) is 2.85. The van der Waals surface area contributed by atoms with Gasteiger partial charge in [-0.05, 0) is 31.3 Å². The van der Waals surface area contributed by atoms with Gasteiger partial charge in [-0.2, -0.15) is 0 Å². The Morgan fingerprint density at radius 2 is 2.05 bits per heavy atom. The van der Waals surface area contributed by atoms with Gasteiger partial charge in [0.25, 0.3) is 0 Å². The highest BCUT2D eigenvalue weighted by molar-refractivity contribution is 5.10. The first kappa shape index (κ1) is 13.7. The van der Waals surface area contributed by atoms with E-state index in [1.807, 2.05) is 30.6 Å². The highest BCUT2D eigenvalue weighted by Crippen LogP contribution is 2.09. The molecule has 0 aromatic carbocycles. The fraction of sp³-hybridized carbons (Fsp3) is 0.429. The molecule has 5 nitrogen and oxygen atoms in total. The topological polar surface area (TPSA) is 54.2 Å². The Kier molecular flexibility index (Phi) is 5.06. The van der Waals surface area contributed by atoms with Crippen molar-refractivity contribution < 1.29 is 4.52 Å². The molecule has 19 heavy (non-hydrogen) atoms. The van der Waals surface area contributed by atoms with Crippen LogP contribution in [0, 0.1) is 0 Å². The third kappa shape index (κ3) is 4.46. The Bertz CT molecular complexity index is 483. The minimum atomic E-state index is 0.751. The van der Waals surface area contributed by atoms with E-state index in [0.717, 1.165) is 37.6 Å². The van der Waals surface area contributed by atoms with Crippen LogP contribution in [0.3, 0.4) is 0 Å². The van der Waals surface area contributed by atoms with Crippen LogP contribution in [-0.2, 0) is 19.6 Å². The van der Waals surface area contributed by atoms with Gasteiger partial charge in [-0.25, -0.2) is 0 Å². The highest BCUT2D eigenvalue weighted by Gasteiger charge is 2.07. The first-order chi connectivity index (χ1) is 9.28. The lowest BCUT2D eigenvalue weighted by atomic mass is 10.2. The van der Waals surface area contributed by atoms with Gasteiger partial charge in [-0.3, -0.25) is 9.88 Å². The van der Waals surface area contributed by atoms with Gasteiger partial charge in [0.15, 0.2) is 5.76 Å². The number of hydrogen-bond acceptors (Lipinski definition) is 5. The normalized spacial score (nSPS) is 11.1. The van der Waals surface area contributed by atoms with Crippen molar-refractivity contribution in [1.82, 2.24) is 20.4 Å². The Hall–Kier alpha value is -1.72. The first-order valence-corrected chi connectivity index (χ1v) is 6.50. The van der Waals surface area contributed by atoms with Crippen LogP contribution in [0.25, 0.3) is 0 Å². The summed E-state index contributed by atoms with van der Waals surface area (Å²) in [5, 5.41) is 7.27. The van der Waals surface area contributed by atoms with Gasteiger partial charge in [-0.15, -0.1) is 0 Å². The summed E-state index contributed by atoms with van der Waals surface area (Å²) in [5.74, 6) is 0.893. The second kappa shape index (κ2) is 7.01. The van der Waals surface area contributed by atoms with Crippen LogP contribution < -0.4 is 5.32 Å². The molecule has 0 aliphatic carbocycles. The molecular weight excluding hydrogens is 240 g/mol. The molecule has 0 amide bonds. The first-order valence-electron chi connectivity index (χ1n) is 6.50. The van der Waals surface area contributed by atoms with Crippen molar-refractivity contribution in [3.8, 4) is 0 Å². The molecule has 0 saturated carbocycles. The Morgan fingerprint density at radius 3 is 2.79 bits per heavy atom. The van der Waals surface area contributed by atoms with Crippen molar-refractivity contribution in [2.45, 2.75) is 26.6 Å². The summed E-state index contributed by atoms with van der Waals surface area (Å²) < 4.78 is 5.33. The predicted octanol–water partition coefficient (Wildman–Crippen LogP) is 1.81. The van der Waals surface area contributed by atoms with E-state index in [1.54, 1.807) is 0 Å². The summed E-state index contributed by atoms with van der Waals surface area (Å²) >= 11 is 0. The number of nitrogens with zero attached hydrogens (tertiary/aromatic N) is 3. The molecule has 2 heterocycles. The number of nitrogens with one attached hydrogen (secondary N) is 1. The van der Waals surface area contributed by atoms with Gasteiger partial charge in [0.1, 0.15) is 0 Å². The van der Waals surface area contributed by atoms with Crippen LogP contribution in [0.15, 0.2) is 35.1 Å². The molecule has 2 aromatic heterocycles. The van der Waals surface area contributed by atoms with Crippen molar-refractivity contribution in [2.24, 2.45) is 0 Å². The van der Waals surface area contributed by atoms with Gasteiger partial charge in [0.2, 0.25) is 0 Å². The van der Waals surface area contributed by atoms with E-state index in [-0.39, 0.29) is 0 Å². The molecular formula is C14H20N4O. The zero-order valence-corrected chi connectivity index (χ0v) is 11.5. The van der Waals surface area contributed by atoms with Crippen molar-refractivity contribution >= 4 is 0 Å². The molecule has 0 bridgehead atoms. The quantitative estimate of drug-likeness (QED) is 0.823. The van der Waals surface area contributed by atoms with Gasteiger partial charge < -0.3 is 9.84 Å². The zero-order chi connectivity index (χ0) is 13.5. The minimum Gasteiger partial charge on any atom is -0.360 e. The van der Waals surface area contributed by atoms with Crippen LogP contribution in [0.2, 0.25) is 0 Å². The Balaban J connectivity index is 1.85. The molecule has 5 heteroatoms. The zero-order valence-electron chi connectivity index (χ0n) is 11.5. The van der Waals surface area contributed by atoms with E-state index in [2.05, 4.69) is 34.3 Å². The van der Waals surface area contributed by atoms with Crippen molar-refractivity contribution in [2.75, 3.05) is 13.6 Å². The van der Waals surface area contributed by atoms with Crippen LogP contribution in [0.5, 0.6) is 0 Å². The molecule has 2 rings (SSSR count). The highest BCUT2D eigenvalue weighted by atomic mass is 16.5. The lowest BCUT2D eigenvalue weighted by molar-refractivity contribution is 0.265. The molecule has 0 saturated heterocycles. The maximum absolute atomic E-state index is 5.33. The second-order valence-electron chi connectivity index (χ2n) is 4.59. The van der Waals surface area contributed by atoms with Crippen LogP contribution >= 0.6 is 0 Å². The summed E-state index contributed by atoms with van der Waals surface area (Å²) in [6, 6.07) is 6.05. The lowest BCUT2D eigenvalue weighted by Gasteiger charge is -2.14. The average molecular weight is 260 g/mol. The maximum atomic E-state index is 5.33. The Morgan fingerprint density at radius 1 is 1.26 bits per heavy atom. The fourth-order valence-corrected chi connectivity index (χ4v) is 1.89. The van der Waals surface area contributed by atoms with Crippen molar-refractivity contribution in [3.63, 3.8) is 0 Å². The molecule has 1 N–H and O–H groups in total. The summed E-state index contributed by atoms with van der Waals surface area (Å²) in [6.07, 6.45) is 3.62. The maximum Gasteiger partial charge on any atom is 0.151 e. The van der Waals surface area contributed by atoms with E-state index in [4.69, 9.17) is 4.52 Å². The summed E-state index contributed by atoms with van der Waals surface area (Å²) in [4.78, 5) is 6.20. The van der Waals surface area contributed by atoms with Crippen LogP contribution in [0.4, 0.5) is 0 Å². The number of rotatable bonds is 7. The molecule has 0 atom stereocenters. The smallest absolute Gasteiger partial charge is 0.151 e. The van der Waals surface area contributed by atoms with Gasteiger partial charge >= 0.3 is 0 Å². The van der Waals surface area contributed by atoms with E-state index in [9.17, 15) is 0 Å². The molecule has 0 aliphatic rings. The summed E-state index contributed by atoms with van der Waals surface area (Å²) in [5.41, 5.74) is 2.19. The molecule has 0 spiro atoms. The molecule has 0 aliphatic heterocycles. The van der Waals surface area contributed by atoms with Gasteiger partial charge in [0.05, 0.1) is 12.2 Å². The summed E-state index contributed by atoms with van der Waals surface area (Å²) in [6.45, 7) is 5.38. The molecule has 2 aromatic rings. The number of pyridine rings is 1. The molecule has 0 unspecified atom stereocenters. The van der Waals surface area contributed by atoms with Crippen LogP contribution in [-0.4, -0.2) is 28.6 Å². The Labute approximate surface area is 113 Å². The third-order valence-corrected chi connectivity index (χ3v) is 2.79. The number of aromatic nitrogens is 2. The lowest BCUT2D eigenvalue weighted by Crippen LogP contribution is -2.16. The SMILES string of the molecule is CCNCc1cc(CN(C)Cc2ccncc2)on1. The standard InChI is InChI=1S/C14H20N4O/c1-3-15-9-13-8-14(19-17-13)11-18(2)10-12-4-6-16-7-5-12/h4-8,15H,3,9-11H2,1-2H3. The molecule has 0 radical (unpaired) electrons. The minimum absolute atomic E-state index is 0.751. The second-order valence-corrected chi connectivity index (χ2v) is 4.59. The van der Waals surface area contributed by atoms with Gasteiger partial charge in [0, 0.05) is 31.5 Å². The third-order valence-electron chi connectivity index (χ3n) is 2.79. The van der Waals surface area contributed by atoms with E-state index in [0.29, 0.717) is 0 Å². The molecule has 0 fully saturated rings.